The summed E-state index contributed by atoms with van der Waals surface area (Å²) in [6.45, 7) is 0. The summed E-state index contributed by atoms with van der Waals surface area (Å²) in [7, 11) is 0. The topological polar surface area (TPSA) is 29.1 Å². The molecule has 0 spiro atoms. The first-order valence-corrected chi connectivity index (χ1v) is 7.53. The fraction of sp³-hybridized carbons (Fsp3) is 0. The quantitative estimate of drug-likeness (QED) is 0.652. The van der Waals surface area contributed by atoms with E-state index in [2.05, 4.69) is 37.2 Å². The minimum absolute atomic E-state index is 0.314. The van der Waals surface area contributed by atoms with Crippen molar-refractivity contribution in [1.82, 2.24) is 0 Å². The van der Waals surface area contributed by atoms with Gasteiger partial charge in [0.2, 0.25) is 0 Å². The van der Waals surface area contributed by atoms with E-state index in [0.717, 1.165) is 4.47 Å². The summed E-state index contributed by atoms with van der Waals surface area (Å²) in [5.74, 6) is -0.314. The Kier molecular flexibility index (Phi) is 4.90. The van der Waals surface area contributed by atoms with E-state index in [1.807, 2.05) is 0 Å². The highest BCUT2D eigenvalue weighted by Gasteiger charge is 2.13. The molecule has 2 aromatic rings. The van der Waals surface area contributed by atoms with Crippen molar-refractivity contribution in [2.24, 2.45) is 0 Å². The fourth-order valence-electron chi connectivity index (χ4n) is 1.46. The third kappa shape index (κ3) is 3.51. The third-order valence-corrected chi connectivity index (χ3v) is 4.49. The highest BCUT2D eigenvalue weighted by Crippen LogP contribution is 2.29. The van der Waals surface area contributed by atoms with E-state index in [1.54, 1.807) is 36.4 Å². The summed E-state index contributed by atoms with van der Waals surface area (Å²) in [5.41, 5.74) is 0.907. The molecule has 0 aliphatic heterocycles. The number of halogens is 4. The number of amides is 1. The lowest BCUT2D eigenvalue weighted by Crippen LogP contribution is -2.12. The third-order valence-electron chi connectivity index (χ3n) is 2.37. The molecule has 1 amide bonds. The number of carbonyl (C=O) groups excluding carboxylic acids is 1. The molecule has 0 saturated carbocycles. The van der Waals surface area contributed by atoms with Gasteiger partial charge in [0.25, 0.3) is 5.91 Å². The molecule has 0 fully saturated rings. The van der Waals surface area contributed by atoms with Crippen molar-refractivity contribution in [3.63, 3.8) is 0 Å². The Bertz CT molecular complexity index is 647. The van der Waals surface area contributed by atoms with Crippen LogP contribution >= 0.6 is 55.1 Å². The van der Waals surface area contributed by atoms with Crippen LogP contribution in [-0.4, -0.2) is 5.91 Å². The van der Waals surface area contributed by atoms with E-state index < -0.39 is 0 Å². The first-order chi connectivity index (χ1) is 8.99. The molecule has 0 aromatic heterocycles. The van der Waals surface area contributed by atoms with Crippen molar-refractivity contribution in [2.45, 2.75) is 0 Å². The maximum Gasteiger partial charge on any atom is 0.257 e. The van der Waals surface area contributed by atoms with Crippen molar-refractivity contribution in [3.05, 3.63) is 61.0 Å². The normalized spacial score (nSPS) is 10.3. The molecule has 6 heteroatoms. The minimum Gasteiger partial charge on any atom is -0.321 e. The second-order valence-corrected chi connectivity index (χ2v) is 6.23. The van der Waals surface area contributed by atoms with Gasteiger partial charge in [0, 0.05) is 8.95 Å². The van der Waals surface area contributed by atoms with Crippen LogP contribution in [0.25, 0.3) is 0 Å². The van der Waals surface area contributed by atoms with E-state index in [-0.39, 0.29) is 5.91 Å². The lowest BCUT2D eigenvalue weighted by molar-refractivity contribution is 0.102. The Hall–Kier alpha value is -0.550. The molecule has 2 rings (SSSR count). The van der Waals surface area contributed by atoms with Gasteiger partial charge in [-0.1, -0.05) is 45.2 Å². The van der Waals surface area contributed by atoms with Crippen LogP contribution in [0.15, 0.2) is 45.3 Å². The van der Waals surface area contributed by atoms with Gasteiger partial charge in [-0.15, -0.1) is 0 Å². The summed E-state index contributed by atoms with van der Waals surface area (Å²) in [6.07, 6.45) is 0. The van der Waals surface area contributed by atoms with Gasteiger partial charge in [0.05, 0.1) is 21.3 Å². The lowest BCUT2D eigenvalue weighted by Gasteiger charge is -2.09. The molecule has 1 N–H and O–H groups in total. The average molecular weight is 424 g/mol. The minimum atomic E-state index is -0.314. The van der Waals surface area contributed by atoms with Crippen molar-refractivity contribution in [3.8, 4) is 0 Å². The molecule has 98 valence electrons. The number of hydrogen-bond acceptors (Lipinski definition) is 1. The fourth-order valence-corrected chi connectivity index (χ4v) is 2.57. The molecular weight excluding hydrogens is 417 g/mol. The second-order valence-electron chi connectivity index (χ2n) is 3.68. The van der Waals surface area contributed by atoms with Crippen LogP contribution < -0.4 is 5.32 Å². The molecule has 2 nitrogen and oxygen atoms in total. The SMILES string of the molecule is O=C(Nc1cc(Br)ccc1Cl)c1cccc(Br)c1Cl. The maximum absolute atomic E-state index is 12.2. The van der Waals surface area contributed by atoms with Crippen molar-refractivity contribution in [1.29, 1.82) is 0 Å². The lowest BCUT2D eigenvalue weighted by atomic mass is 10.2. The van der Waals surface area contributed by atoms with Crippen LogP contribution in [0.5, 0.6) is 0 Å². The summed E-state index contributed by atoms with van der Waals surface area (Å²) in [6, 6.07) is 10.4. The second kappa shape index (κ2) is 6.27. The Morgan fingerprint density at radius 1 is 1.11 bits per heavy atom. The first kappa shape index (κ1) is 14.9. The molecule has 0 aliphatic carbocycles. The van der Waals surface area contributed by atoms with Crippen LogP contribution in [0.3, 0.4) is 0 Å². The molecule has 19 heavy (non-hydrogen) atoms. The Labute approximate surface area is 137 Å². The van der Waals surface area contributed by atoms with E-state index in [4.69, 9.17) is 23.2 Å². The molecule has 0 bridgehead atoms. The molecular formula is C13H7Br2Cl2NO. The first-order valence-electron chi connectivity index (χ1n) is 5.19. The van der Waals surface area contributed by atoms with Crippen LogP contribution in [-0.2, 0) is 0 Å². The van der Waals surface area contributed by atoms with Crippen LogP contribution in [0, 0.1) is 0 Å². The predicted molar refractivity (Wildman–Crippen MR) is 86.3 cm³/mol. The smallest absolute Gasteiger partial charge is 0.257 e. The van der Waals surface area contributed by atoms with E-state index in [1.165, 1.54) is 0 Å². The number of rotatable bonds is 2. The average Bonchev–Trinajstić information content (AvgIpc) is 2.37. The van der Waals surface area contributed by atoms with Gasteiger partial charge in [-0.3, -0.25) is 4.79 Å². The summed E-state index contributed by atoms with van der Waals surface area (Å²) < 4.78 is 1.50. The van der Waals surface area contributed by atoms with Crippen LogP contribution in [0.1, 0.15) is 10.4 Å². The van der Waals surface area contributed by atoms with Gasteiger partial charge < -0.3 is 5.32 Å². The van der Waals surface area contributed by atoms with E-state index in [0.29, 0.717) is 25.8 Å². The summed E-state index contributed by atoms with van der Waals surface area (Å²) >= 11 is 18.7. The highest BCUT2D eigenvalue weighted by molar-refractivity contribution is 9.10. The van der Waals surface area contributed by atoms with Crippen molar-refractivity contribution in [2.75, 3.05) is 5.32 Å². The number of hydrogen-bond donors (Lipinski definition) is 1. The largest absolute Gasteiger partial charge is 0.321 e. The Morgan fingerprint density at radius 2 is 1.84 bits per heavy atom. The van der Waals surface area contributed by atoms with E-state index >= 15 is 0 Å². The predicted octanol–water partition coefficient (Wildman–Crippen LogP) is 5.77. The van der Waals surface area contributed by atoms with Gasteiger partial charge in [0.1, 0.15) is 0 Å². The highest BCUT2D eigenvalue weighted by atomic mass is 79.9. The summed E-state index contributed by atoms with van der Waals surface area (Å²) in [5, 5.41) is 3.56. The molecule has 0 unspecified atom stereocenters. The number of carbonyl (C=O) groups is 1. The van der Waals surface area contributed by atoms with Gasteiger partial charge in [-0.2, -0.15) is 0 Å². The number of benzene rings is 2. The zero-order valence-corrected chi connectivity index (χ0v) is 14.1. The van der Waals surface area contributed by atoms with Crippen molar-refractivity contribution >= 4 is 66.7 Å². The zero-order chi connectivity index (χ0) is 14.0. The van der Waals surface area contributed by atoms with Gasteiger partial charge >= 0.3 is 0 Å². The summed E-state index contributed by atoms with van der Waals surface area (Å²) in [4.78, 5) is 12.2. The van der Waals surface area contributed by atoms with Crippen molar-refractivity contribution < 1.29 is 4.79 Å². The van der Waals surface area contributed by atoms with Gasteiger partial charge in [-0.25, -0.2) is 0 Å². The van der Waals surface area contributed by atoms with Crippen LogP contribution in [0.2, 0.25) is 10.0 Å². The van der Waals surface area contributed by atoms with E-state index in [9.17, 15) is 4.79 Å². The Morgan fingerprint density at radius 3 is 2.58 bits per heavy atom. The standard InChI is InChI=1S/C13H7Br2Cl2NO/c14-7-4-5-10(16)11(6-7)18-13(19)8-2-1-3-9(15)12(8)17/h1-6H,(H,18,19). The monoisotopic (exact) mass is 421 g/mol. The molecule has 0 aliphatic rings. The van der Waals surface area contributed by atoms with Gasteiger partial charge in [-0.05, 0) is 46.3 Å². The molecule has 0 heterocycles. The zero-order valence-electron chi connectivity index (χ0n) is 9.38. The molecule has 0 radical (unpaired) electrons. The van der Waals surface area contributed by atoms with Gasteiger partial charge in [0.15, 0.2) is 0 Å². The molecule has 2 aromatic carbocycles. The maximum atomic E-state index is 12.2. The number of nitrogens with one attached hydrogen (secondary N) is 1. The number of anilines is 1. The van der Waals surface area contributed by atoms with Crippen LogP contribution in [0.4, 0.5) is 5.69 Å². The Balaban J connectivity index is 2.31. The molecule has 0 atom stereocenters. The molecule has 0 saturated heterocycles.